The number of pyridine rings is 1. The number of benzene rings is 1. The van der Waals surface area contributed by atoms with Crippen molar-refractivity contribution in [3.63, 3.8) is 0 Å². The van der Waals surface area contributed by atoms with Gasteiger partial charge in [-0.1, -0.05) is 6.07 Å². The lowest BCUT2D eigenvalue weighted by molar-refractivity contribution is -0.385. The SMILES string of the molecule is O=C(NCCc1ccncc1)c1cccc([N+](=O)[O-])c1O. The summed E-state index contributed by atoms with van der Waals surface area (Å²) in [5, 5.41) is 23.1. The highest BCUT2D eigenvalue weighted by molar-refractivity contribution is 5.98. The number of nitro groups is 1. The first-order valence-corrected chi connectivity index (χ1v) is 6.23. The lowest BCUT2D eigenvalue weighted by Crippen LogP contribution is -2.25. The number of aromatic nitrogens is 1. The van der Waals surface area contributed by atoms with Gasteiger partial charge in [-0.3, -0.25) is 19.9 Å². The maximum Gasteiger partial charge on any atom is 0.311 e. The first-order valence-electron chi connectivity index (χ1n) is 6.23. The van der Waals surface area contributed by atoms with Gasteiger partial charge in [0.25, 0.3) is 5.91 Å². The Morgan fingerprint density at radius 3 is 2.67 bits per heavy atom. The molecule has 0 bridgehead atoms. The summed E-state index contributed by atoms with van der Waals surface area (Å²) in [5.74, 6) is -1.17. The molecule has 1 heterocycles. The summed E-state index contributed by atoms with van der Waals surface area (Å²) in [6.07, 6.45) is 3.91. The van der Waals surface area contributed by atoms with E-state index in [1.54, 1.807) is 12.4 Å². The number of phenols is 1. The molecule has 0 aliphatic carbocycles. The average Bonchev–Trinajstić information content (AvgIpc) is 2.48. The van der Waals surface area contributed by atoms with Crippen molar-refractivity contribution in [2.45, 2.75) is 6.42 Å². The van der Waals surface area contributed by atoms with E-state index in [0.29, 0.717) is 13.0 Å². The van der Waals surface area contributed by atoms with Gasteiger partial charge in [0, 0.05) is 25.0 Å². The van der Waals surface area contributed by atoms with E-state index in [2.05, 4.69) is 10.3 Å². The number of phenolic OH excluding ortho intramolecular Hbond substituents is 1. The highest BCUT2D eigenvalue weighted by Gasteiger charge is 2.20. The van der Waals surface area contributed by atoms with Crippen molar-refractivity contribution in [3.05, 3.63) is 64.0 Å². The van der Waals surface area contributed by atoms with Crippen molar-refractivity contribution in [1.29, 1.82) is 0 Å². The van der Waals surface area contributed by atoms with Crippen LogP contribution in [0.2, 0.25) is 0 Å². The molecule has 1 amide bonds. The van der Waals surface area contributed by atoms with Crippen molar-refractivity contribution >= 4 is 11.6 Å². The lowest BCUT2D eigenvalue weighted by Gasteiger charge is -2.07. The van der Waals surface area contributed by atoms with Gasteiger partial charge in [-0.2, -0.15) is 0 Å². The van der Waals surface area contributed by atoms with Crippen molar-refractivity contribution in [3.8, 4) is 5.75 Å². The maximum atomic E-state index is 11.9. The molecule has 7 nitrogen and oxygen atoms in total. The van der Waals surface area contributed by atoms with Crippen LogP contribution in [0.25, 0.3) is 0 Å². The van der Waals surface area contributed by atoms with Crippen molar-refractivity contribution < 1.29 is 14.8 Å². The number of hydrogen-bond donors (Lipinski definition) is 2. The number of nitrogens with one attached hydrogen (secondary N) is 1. The van der Waals surface area contributed by atoms with Crippen LogP contribution in [0.5, 0.6) is 5.75 Å². The minimum absolute atomic E-state index is 0.112. The van der Waals surface area contributed by atoms with E-state index in [-0.39, 0.29) is 5.56 Å². The monoisotopic (exact) mass is 287 g/mol. The average molecular weight is 287 g/mol. The van der Waals surface area contributed by atoms with Gasteiger partial charge in [0.05, 0.1) is 10.5 Å². The summed E-state index contributed by atoms with van der Waals surface area (Å²) in [4.78, 5) is 25.8. The Morgan fingerprint density at radius 2 is 2.00 bits per heavy atom. The molecule has 0 radical (unpaired) electrons. The van der Waals surface area contributed by atoms with E-state index < -0.39 is 22.3 Å². The third kappa shape index (κ3) is 3.53. The summed E-state index contributed by atoms with van der Waals surface area (Å²) < 4.78 is 0. The van der Waals surface area contributed by atoms with Gasteiger partial charge < -0.3 is 10.4 Å². The topological polar surface area (TPSA) is 105 Å². The van der Waals surface area contributed by atoms with Crippen molar-refractivity contribution in [2.24, 2.45) is 0 Å². The fraction of sp³-hybridized carbons (Fsp3) is 0.143. The number of rotatable bonds is 5. The molecule has 1 aromatic carbocycles. The van der Waals surface area contributed by atoms with Gasteiger partial charge in [0.1, 0.15) is 0 Å². The van der Waals surface area contributed by atoms with E-state index in [1.807, 2.05) is 12.1 Å². The molecule has 21 heavy (non-hydrogen) atoms. The van der Waals surface area contributed by atoms with E-state index in [4.69, 9.17) is 0 Å². The Morgan fingerprint density at radius 1 is 1.29 bits per heavy atom. The second-order valence-corrected chi connectivity index (χ2v) is 4.29. The minimum Gasteiger partial charge on any atom is -0.502 e. The Balaban J connectivity index is 2.01. The number of para-hydroxylation sites is 1. The van der Waals surface area contributed by atoms with E-state index >= 15 is 0 Å². The molecule has 1 aromatic heterocycles. The molecule has 0 unspecified atom stereocenters. The third-order valence-electron chi connectivity index (χ3n) is 2.90. The van der Waals surface area contributed by atoms with Crippen LogP contribution in [0.15, 0.2) is 42.7 Å². The second kappa shape index (κ2) is 6.47. The predicted octanol–water partition coefficient (Wildman–Crippen LogP) is 1.67. The van der Waals surface area contributed by atoms with Crippen LogP contribution in [0.3, 0.4) is 0 Å². The summed E-state index contributed by atoms with van der Waals surface area (Å²) >= 11 is 0. The number of carbonyl (C=O) groups is 1. The largest absolute Gasteiger partial charge is 0.502 e. The van der Waals surface area contributed by atoms with E-state index in [1.165, 1.54) is 12.1 Å². The Labute approximate surface area is 120 Å². The van der Waals surface area contributed by atoms with Gasteiger partial charge >= 0.3 is 5.69 Å². The molecule has 0 aliphatic rings. The van der Waals surface area contributed by atoms with Crippen LogP contribution >= 0.6 is 0 Å². The predicted molar refractivity (Wildman–Crippen MR) is 75.0 cm³/mol. The third-order valence-corrected chi connectivity index (χ3v) is 2.90. The van der Waals surface area contributed by atoms with E-state index in [0.717, 1.165) is 11.6 Å². The Hall–Kier alpha value is -2.96. The summed E-state index contributed by atoms with van der Waals surface area (Å²) in [7, 11) is 0. The standard InChI is InChI=1S/C14H13N3O4/c18-13-11(2-1-3-12(13)17(20)21)14(19)16-9-6-10-4-7-15-8-5-10/h1-5,7-8,18H,6,9H2,(H,16,19). The number of hydrogen-bond acceptors (Lipinski definition) is 5. The first kappa shape index (κ1) is 14.4. The zero-order valence-electron chi connectivity index (χ0n) is 11.0. The van der Waals surface area contributed by atoms with Crippen LogP contribution in [0.4, 0.5) is 5.69 Å². The number of carbonyl (C=O) groups excluding carboxylic acids is 1. The normalized spacial score (nSPS) is 10.1. The molecule has 0 saturated heterocycles. The van der Waals surface area contributed by atoms with Gasteiger partial charge in [-0.05, 0) is 30.2 Å². The molecule has 0 spiro atoms. The zero-order valence-corrected chi connectivity index (χ0v) is 11.0. The van der Waals surface area contributed by atoms with Crippen LogP contribution in [-0.2, 0) is 6.42 Å². The van der Waals surface area contributed by atoms with Gasteiger partial charge in [0.15, 0.2) is 0 Å². The molecule has 2 N–H and O–H groups in total. The van der Waals surface area contributed by atoms with Crippen LogP contribution < -0.4 is 5.32 Å². The summed E-state index contributed by atoms with van der Waals surface area (Å²) in [6.45, 7) is 0.352. The molecule has 0 saturated carbocycles. The number of amides is 1. The Bertz CT molecular complexity index is 659. The van der Waals surface area contributed by atoms with Gasteiger partial charge in [-0.15, -0.1) is 0 Å². The molecule has 2 aromatic rings. The molecule has 2 rings (SSSR count). The number of aromatic hydroxyl groups is 1. The minimum atomic E-state index is -0.733. The van der Waals surface area contributed by atoms with Gasteiger partial charge in [-0.25, -0.2) is 0 Å². The van der Waals surface area contributed by atoms with Crippen molar-refractivity contribution in [2.75, 3.05) is 6.54 Å². The first-order chi connectivity index (χ1) is 10.1. The highest BCUT2D eigenvalue weighted by Crippen LogP contribution is 2.28. The van der Waals surface area contributed by atoms with Crippen LogP contribution in [0, 0.1) is 10.1 Å². The molecule has 7 heteroatoms. The second-order valence-electron chi connectivity index (χ2n) is 4.29. The Kier molecular flexibility index (Phi) is 4.45. The molecular formula is C14H13N3O4. The fourth-order valence-corrected chi connectivity index (χ4v) is 1.83. The van der Waals surface area contributed by atoms with Crippen LogP contribution in [0.1, 0.15) is 15.9 Å². The zero-order chi connectivity index (χ0) is 15.2. The fourth-order valence-electron chi connectivity index (χ4n) is 1.83. The summed E-state index contributed by atoms with van der Waals surface area (Å²) in [5.41, 5.74) is 0.407. The van der Waals surface area contributed by atoms with E-state index in [9.17, 15) is 20.0 Å². The van der Waals surface area contributed by atoms with Gasteiger partial charge in [0.2, 0.25) is 5.75 Å². The number of nitrogens with zero attached hydrogens (tertiary/aromatic N) is 2. The highest BCUT2D eigenvalue weighted by atomic mass is 16.6. The number of nitro benzene ring substituents is 1. The maximum absolute atomic E-state index is 11.9. The quantitative estimate of drug-likeness (QED) is 0.642. The lowest BCUT2D eigenvalue weighted by atomic mass is 10.1. The summed E-state index contributed by atoms with van der Waals surface area (Å²) in [6, 6.07) is 7.50. The molecule has 0 atom stereocenters. The molecule has 0 fully saturated rings. The molecule has 108 valence electrons. The molecule has 0 aliphatic heterocycles. The molecular weight excluding hydrogens is 274 g/mol. The van der Waals surface area contributed by atoms with Crippen LogP contribution in [-0.4, -0.2) is 27.5 Å². The van der Waals surface area contributed by atoms with Crippen molar-refractivity contribution in [1.82, 2.24) is 10.3 Å². The smallest absolute Gasteiger partial charge is 0.311 e.